The number of hydrogen-bond acceptors (Lipinski definition) is 4. The van der Waals surface area contributed by atoms with Crippen molar-refractivity contribution < 1.29 is 19.9 Å². The molecule has 1 aromatic carbocycles. The lowest BCUT2D eigenvalue weighted by Crippen LogP contribution is -2.18. The number of benzene rings is 1. The maximum atomic E-state index is 11.5. The first kappa shape index (κ1) is 14.6. The van der Waals surface area contributed by atoms with E-state index in [2.05, 4.69) is 0 Å². The van der Waals surface area contributed by atoms with Crippen LogP contribution in [0.1, 0.15) is 35.4 Å². The van der Waals surface area contributed by atoms with Crippen molar-refractivity contribution in [2.45, 2.75) is 31.5 Å². The first-order chi connectivity index (χ1) is 9.52. The molecule has 0 aliphatic heterocycles. The Kier molecular flexibility index (Phi) is 4.43. The highest BCUT2D eigenvalue weighted by Crippen LogP contribution is 2.41. The summed E-state index contributed by atoms with van der Waals surface area (Å²) in [4.78, 5) is 11.5. The Morgan fingerprint density at radius 2 is 2.20 bits per heavy atom. The van der Waals surface area contributed by atoms with E-state index in [1.165, 1.54) is 0 Å². The van der Waals surface area contributed by atoms with Gasteiger partial charge in [0.25, 0.3) is 0 Å². The zero-order valence-electron chi connectivity index (χ0n) is 11.0. The zero-order valence-corrected chi connectivity index (χ0v) is 11.0. The normalized spacial score (nSPS) is 20.2. The largest absolute Gasteiger partial charge is 0.481 e. The van der Waals surface area contributed by atoms with Gasteiger partial charge < -0.3 is 15.2 Å². The lowest BCUT2D eigenvalue weighted by Gasteiger charge is -2.16. The minimum Gasteiger partial charge on any atom is -0.481 e. The highest BCUT2D eigenvalue weighted by molar-refractivity contribution is 6.40. The van der Waals surface area contributed by atoms with Crippen LogP contribution in [-0.4, -0.2) is 28.2 Å². The number of aliphatic carboxylic acids is 1. The smallest absolute Gasteiger partial charge is 0.451 e. The Labute approximate surface area is 117 Å². The molecule has 0 spiro atoms. The quantitative estimate of drug-likeness (QED) is 0.698. The summed E-state index contributed by atoms with van der Waals surface area (Å²) >= 11 is 0. The number of rotatable bonds is 5. The Hall–Kier alpha value is -1.84. The summed E-state index contributed by atoms with van der Waals surface area (Å²) in [6, 6.07) is 7.22. The van der Waals surface area contributed by atoms with Gasteiger partial charge in [-0.2, -0.15) is 5.26 Å². The molecule has 3 N–H and O–H groups in total. The molecule has 0 saturated heterocycles. The highest BCUT2D eigenvalue weighted by Gasteiger charge is 2.37. The second-order valence-electron chi connectivity index (χ2n) is 5.22. The standard InChI is InChI=1S/C14H16BNO4/c16-8-9-3-4-10-7-11(2-1-5-15(19)20)13(14(17)18)12(10)6-9/h3-4,6,11,13,19-20H,1-2,5,7H2,(H,17,18). The van der Waals surface area contributed by atoms with E-state index < -0.39 is 19.0 Å². The monoisotopic (exact) mass is 273 g/mol. The van der Waals surface area contributed by atoms with Crippen LogP contribution in [0.15, 0.2) is 18.2 Å². The number of hydrogen-bond donors (Lipinski definition) is 3. The van der Waals surface area contributed by atoms with Gasteiger partial charge >= 0.3 is 13.1 Å². The third-order valence-electron chi connectivity index (χ3n) is 3.87. The first-order valence-electron chi connectivity index (χ1n) is 6.64. The van der Waals surface area contributed by atoms with Crippen molar-refractivity contribution in [2.24, 2.45) is 5.92 Å². The number of carbonyl (C=O) groups is 1. The van der Waals surface area contributed by atoms with Crippen molar-refractivity contribution in [3.05, 3.63) is 34.9 Å². The maximum Gasteiger partial charge on any atom is 0.451 e. The molecule has 104 valence electrons. The van der Waals surface area contributed by atoms with Crippen LogP contribution in [0.25, 0.3) is 0 Å². The van der Waals surface area contributed by atoms with Crippen molar-refractivity contribution >= 4 is 13.1 Å². The van der Waals surface area contributed by atoms with Gasteiger partial charge in [0.05, 0.1) is 17.6 Å². The van der Waals surface area contributed by atoms with Crippen LogP contribution < -0.4 is 0 Å². The molecule has 2 rings (SSSR count). The van der Waals surface area contributed by atoms with Crippen molar-refractivity contribution in [1.29, 1.82) is 5.26 Å². The van der Waals surface area contributed by atoms with E-state index >= 15 is 0 Å². The molecule has 1 aliphatic carbocycles. The summed E-state index contributed by atoms with van der Waals surface area (Å²) in [5, 5.41) is 36.0. The number of carboxylic acids is 1. The van der Waals surface area contributed by atoms with Crippen molar-refractivity contribution in [2.75, 3.05) is 0 Å². The molecular formula is C14H16BNO4. The minimum absolute atomic E-state index is 0.0461. The Bertz CT molecular complexity index is 553. The van der Waals surface area contributed by atoms with Gasteiger partial charge in [0, 0.05) is 0 Å². The van der Waals surface area contributed by atoms with E-state index in [9.17, 15) is 9.90 Å². The summed E-state index contributed by atoms with van der Waals surface area (Å²) in [5.41, 5.74) is 2.18. The van der Waals surface area contributed by atoms with Crippen molar-refractivity contribution in [1.82, 2.24) is 0 Å². The Morgan fingerprint density at radius 3 is 2.80 bits per heavy atom. The van der Waals surface area contributed by atoms with Crippen LogP contribution in [-0.2, 0) is 11.2 Å². The molecule has 1 aromatic rings. The fraction of sp³-hybridized carbons (Fsp3) is 0.429. The van der Waals surface area contributed by atoms with Gasteiger partial charge in [0.15, 0.2) is 0 Å². The third kappa shape index (κ3) is 3.01. The molecule has 5 nitrogen and oxygen atoms in total. The van der Waals surface area contributed by atoms with Crippen molar-refractivity contribution in [3.8, 4) is 6.07 Å². The third-order valence-corrected chi connectivity index (χ3v) is 3.87. The van der Waals surface area contributed by atoms with Crippen LogP contribution in [0.5, 0.6) is 0 Å². The molecule has 0 saturated carbocycles. The van der Waals surface area contributed by atoms with Gasteiger partial charge in [-0.25, -0.2) is 0 Å². The molecule has 2 atom stereocenters. The van der Waals surface area contributed by atoms with Gasteiger partial charge in [0.1, 0.15) is 0 Å². The lowest BCUT2D eigenvalue weighted by molar-refractivity contribution is -0.139. The molecule has 1 aliphatic rings. The van der Waals surface area contributed by atoms with E-state index in [1.54, 1.807) is 12.1 Å². The second-order valence-corrected chi connectivity index (χ2v) is 5.22. The zero-order chi connectivity index (χ0) is 14.7. The molecule has 0 amide bonds. The predicted molar refractivity (Wildman–Crippen MR) is 73.0 cm³/mol. The average molecular weight is 273 g/mol. The average Bonchev–Trinajstić information content (AvgIpc) is 2.75. The molecule has 0 radical (unpaired) electrons. The molecule has 0 heterocycles. The topological polar surface area (TPSA) is 102 Å². The van der Waals surface area contributed by atoms with Gasteiger partial charge in [-0.05, 0) is 48.3 Å². The first-order valence-corrected chi connectivity index (χ1v) is 6.64. The summed E-state index contributed by atoms with van der Waals surface area (Å²) in [6.45, 7) is 0. The lowest BCUT2D eigenvalue weighted by atomic mass is 9.80. The molecule has 0 bridgehead atoms. The number of carboxylic acid groups (broad SMARTS) is 1. The molecule has 0 aromatic heterocycles. The van der Waals surface area contributed by atoms with Crippen LogP contribution in [0.3, 0.4) is 0 Å². The number of nitrogens with zero attached hydrogens (tertiary/aromatic N) is 1. The highest BCUT2D eigenvalue weighted by atomic mass is 16.4. The SMILES string of the molecule is N#Cc1ccc2c(c1)C(C(=O)O)C(CCCB(O)O)C2. The predicted octanol–water partition coefficient (Wildman–Crippen LogP) is 1.15. The van der Waals surface area contributed by atoms with E-state index in [0.29, 0.717) is 24.8 Å². The molecule has 20 heavy (non-hydrogen) atoms. The number of fused-ring (bicyclic) bond motifs is 1. The molecule has 0 fully saturated rings. The van der Waals surface area contributed by atoms with E-state index in [-0.39, 0.29) is 12.2 Å². The van der Waals surface area contributed by atoms with Gasteiger partial charge in [-0.1, -0.05) is 12.5 Å². The number of nitriles is 1. The summed E-state index contributed by atoms with van der Waals surface area (Å²) in [7, 11) is -1.34. The van der Waals surface area contributed by atoms with Crippen LogP contribution in [0, 0.1) is 17.2 Å². The molecule has 6 heteroatoms. The summed E-state index contributed by atoms with van der Waals surface area (Å²) in [6.07, 6.45) is 2.12. The van der Waals surface area contributed by atoms with Crippen LogP contribution in [0.2, 0.25) is 6.32 Å². The summed E-state index contributed by atoms with van der Waals surface area (Å²) < 4.78 is 0. The van der Waals surface area contributed by atoms with Crippen LogP contribution in [0.4, 0.5) is 0 Å². The van der Waals surface area contributed by atoms with Crippen LogP contribution >= 0.6 is 0 Å². The van der Waals surface area contributed by atoms with Crippen molar-refractivity contribution in [3.63, 3.8) is 0 Å². The van der Waals surface area contributed by atoms with Gasteiger partial charge in [-0.3, -0.25) is 4.79 Å². The van der Waals surface area contributed by atoms with E-state index in [1.807, 2.05) is 12.1 Å². The van der Waals surface area contributed by atoms with Gasteiger partial charge in [0.2, 0.25) is 0 Å². The fourth-order valence-corrected chi connectivity index (χ4v) is 2.96. The Morgan fingerprint density at radius 1 is 1.45 bits per heavy atom. The van der Waals surface area contributed by atoms with Gasteiger partial charge in [-0.15, -0.1) is 0 Å². The fourth-order valence-electron chi connectivity index (χ4n) is 2.96. The van der Waals surface area contributed by atoms with E-state index in [4.69, 9.17) is 15.3 Å². The molecule has 2 unspecified atom stereocenters. The Balaban J connectivity index is 2.17. The maximum absolute atomic E-state index is 11.5. The van der Waals surface area contributed by atoms with E-state index in [0.717, 1.165) is 11.1 Å². The summed E-state index contributed by atoms with van der Waals surface area (Å²) in [5.74, 6) is -1.53. The molecular weight excluding hydrogens is 257 g/mol. The minimum atomic E-state index is -1.34. The second kappa shape index (κ2) is 6.08.